The molecule has 1 atom stereocenters. The third-order valence-corrected chi connectivity index (χ3v) is 6.54. The molecule has 0 saturated carbocycles. The Kier molecular flexibility index (Phi) is 5.70. The van der Waals surface area contributed by atoms with Gasteiger partial charge in [0, 0.05) is 6.07 Å². The van der Waals surface area contributed by atoms with Crippen LogP contribution in [0.25, 0.3) is 0 Å². The van der Waals surface area contributed by atoms with Crippen LogP contribution in [0.5, 0.6) is 5.75 Å². The molecule has 6 heteroatoms. The molecule has 0 unspecified atom stereocenters. The molecule has 3 aromatic rings. The summed E-state index contributed by atoms with van der Waals surface area (Å²) in [7, 11) is -2.50. The lowest BCUT2D eigenvalue weighted by atomic mass is 10.1. The van der Waals surface area contributed by atoms with E-state index in [0.29, 0.717) is 11.3 Å². The van der Waals surface area contributed by atoms with Gasteiger partial charge in [-0.15, -0.1) is 0 Å². The largest absolute Gasteiger partial charge is 0.497 e. The van der Waals surface area contributed by atoms with Crippen molar-refractivity contribution in [2.24, 2.45) is 0 Å². The molecule has 28 heavy (non-hydrogen) atoms. The molecule has 0 aromatic heterocycles. The van der Waals surface area contributed by atoms with E-state index in [1.807, 2.05) is 30.3 Å². The first-order valence-corrected chi connectivity index (χ1v) is 10.3. The Bertz CT molecular complexity index is 1070. The zero-order valence-electron chi connectivity index (χ0n) is 16.0. The Morgan fingerprint density at radius 2 is 1.68 bits per heavy atom. The van der Waals surface area contributed by atoms with Gasteiger partial charge in [0.2, 0.25) is 0 Å². The number of hydrogen-bond donors (Lipinski definition) is 0. The van der Waals surface area contributed by atoms with Crippen LogP contribution in [0, 0.1) is 12.7 Å². The number of anilines is 1. The van der Waals surface area contributed by atoms with Gasteiger partial charge in [-0.2, -0.15) is 0 Å². The average Bonchev–Trinajstić information content (AvgIpc) is 2.71. The highest BCUT2D eigenvalue weighted by atomic mass is 32.2. The summed E-state index contributed by atoms with van der Waals surface area (Å²) in [6, 6.07) is 19.4. The van der Waals surface area contributed by atoms with Crippen molar-refractivity contribution in [1.29, 1.82) is 0 Å². The second-order valence-corrected chi connectivity index (χ2v) is 8.31. The highest BCUT2D eigenvalue weighted by molar-refractivity contribution is 7.92. The van der Waals surface area contributed by atoms with Gasteiger partial charge in [-0.05, 0) is 49.2 Å². The van der Waals surface area contributed by atoms with Crippen molar-refractivity contribution in [2.75, 3.05) is 11.4 Å². The molecular formula is C22H22FNO3S. The van der Waals surface area contributed by atoms with E-state index in [1.165, 1.54) is 29.6 Å². The number of hydrogen-bond acceptors (Lipinski definition) is 3. The molecule has 0 aliphatic carbocycles. The molecule has 3 rings (SSSR count). The molecule has 0 bridgehead atoms. The minimum atomic E-state index is -3.98. The number of methoxy groups -OCH3 is 1. The van der Waals surface area contributed by atoms with Gasteiger partial charge >= 0.3 is 0 Å². The van der Waals surface area contributed by atoms with E-state index >= 15 is 0 Å². The second-order valence-electron chi connectivity index (χ2n) is 6.50. The zero-order chi connectivity index (χ0) is 20.3. The van der Waals surface area contributed by atoms with E-state index in [-0.39, 0.29) is 10.6 Å². The highest BCUT2D eigenvalue weighted by Crippen LogP contribution is 2.34. The Morgan fingerprint density at radius 3 is 2.32 bits per heavy atom. The molecule has 0 aliphatic rings. The molecule has 4 nitrogen and oxygen atoms in total. The number of aryl methyl sites for hydroxylation is 1. The van der Waals surface area contributed by atoms with Gasteiger partial charge in [-0.1, -0.05) is 42.5 Å². The van der Waals surface area contributed by atoms with Crippen LogP contribution in [0.2, 0.25) is 0 Å². The fourth-order valence-electron chi connectivity index (χ4n) is 3.03. The average molecular weight is 399 g/mol. The second kappa shape index (κ2) is 8.02. The van der Waals surface area contributed by atoms with Gasteiger partial charge in [0.05, 0.1) is 23.7 Å². The number of halogens is 1. The number of benzene rings is 3. The topological polar surface area (TPSA) is 46.6 Å². The van der Waals surface area contributed by atoms with Crippen LogP contribution in [0.1, 0.15) is 24.1 Å². The molecule has 0 aliphatic heterocycles. The zero-order valence-corrected chi connectivity index (χ0v) is 16.8. The van der Waals surface area contributed by atoms with Gasteiger partial charge in [0.25, 0.3) is 10.0 Å². The first-order chi connectivity index (χ1) is 13.3. The summed E-state index contributed by atoms with van der Waals surface area (Å²) in [4.78, 5) is 0.0793. The number of sulfonamides is 1. The van der Waals surface area contributed by atoms with E-state index in [2.05, 4.69) is 0 Å². The van der Waals surface area contributed by atoms with Gasteiger partial charge in [-0.25, -0.2) is 12.8 Å². The maximum Gasteiger partial charge on any atom is 0.265 e. The first kappa shape index (κ1) is 19.9. The van der Waals surface area contributed by atoms with E-state index in [9.17, 15) is 12.8 Å². The molecule has 0 saturated heterocycles. The van der Waals surface area contributed by atoms with Crippen molar-refractivity contribution in [3.05, 3.63) is 89.7 Å². The predicted octanol–water partition coefficient (Wildman–Crippen LogP) is 5.10. The maximum absolute atomic E-state index is 14.3. The van der Waals surface area contributed by atoms with Crippen molar-refractivity contribution in [3.8, 4) is 5.75 Å². The third kappa shape index (κ3) is 3.87. The summed E-state index contributed by atoms with van der Waals surface area (Å²) >= 11 is 0. The van der Waals surface area contributed by atoms with Crippen molar-refractivity contribution in [1.82, 2.24) is 0 Å². The summed E-state index contributed by atoms with van der Waals surface area (Å²) in [5.41, 5.74) is 1.52. The summed E-state index contributed by atoms with van der Waals surface area (Å²) in [6.45, 7) is 3.42. The van der Waals surface area contributed by atoms with Crippen LogP contribution in [0.3, 0.4) is 0 Å². The molecule has 146 valence electrons. The Hall–Kier alpha value is -2.86. The summed E-state index contributed by atoms with van der Waals surface area (Å²) in [6.07, 6.45) is 0. The van der Waals surface area contributed by atoms with E-state index < -0.39 is 21.9 Å². The predicted molar refractivity (Wildman–Crippen MR) is 109 cm³/mol. The molecule has 3 aromatic carbocycles. The van der Waals surface area contributed by atoms with Crippen LogP contribution in [0.15, 0.2) is 77.7 Å². The highest BCUT2D eigenvalue weighted by Gasteiger charge is 2.31. The van der Waals surface area contributed by atoms with Crippen LogP contribution in [-0.4, -0.2) is 15.5 Å². The smallest absolute Gasteiger partial charge is 0.265 e. The SMILES string of the molecule is COc1cccc(S(=O)(=O)N(c2ccc(C)c(F)c2)[C@H](C)c2ccccc2)c1. The minimum absolute atomic E-state index is 0.0793. The van der Waals surface area contributed by atoms with Gasteiger partial charge in [0.1, 0.15) is 11.6 Å². The lowest BCUT2D eigenvalue weighted by molar-refractivity contribution is 0.413. The maximum atomic E-state index is 14.3. The van der Waals surface area contributed by atoms with Gasteiger partial charge in [0.15, 0.2) is 0 Å². The summed E-state index contributed by atoms with van der Waals surface area (Å²) in [5, 5.41) is 0. The molecule has 0 fully saturated rings. The van der Waals surface area contributed by atoms with Crippen LogP contribution in [-0.2, 0) is 10.0 Å². The molecule has 0 radical (unpaired) electrons. The molecule has 0 heterocycles. The first-order valence-electron chi connectivity index (χ1n) is 8.84. The number of ether oxygens (including phenoxy) is 1. The molecular weight excluding hydrogens is 377 g/mol. The normalized spacial score (nSPS) is 12.4. The van der Waals surface area contributed by atoms with Gasteiger partial charge in [-0.3, -0.25) is 4.31 Å². The fourth-order valence-corrected chi connectivity index (χ4v) is 4.70. The third-order valence-electron chi connectivity index (χ3n) is 4.64. The summed E-state index contributed by atoms with van der Waals surface area (Å²) in [5.74, 6) is -0.0212. The number of rotatable bonds is 6. The van der Waals surface area contributed by atoms with Crippen molar-refractivity contribution >= 4 is 15.7 Å². The fraction of sp³-hybridized carbons (Fsp3) is 0.182. The van der Waals surface area contributed by atoms with Gasteiger partial charge < -0.3 is 4.74 Å². The lowest BCUT2D eigenvalue weighted by Gasteiger charge is -2.31. The molecule has 0 spiro atoms. The van der Waals surface area contributed by atoms with Crippen LogP contribution in [0.4, 0.5) is 10.1 Å². The Morgan fingerprint density at radius 1 is 0.964 bits per heavy atom. The van der Waals surface area contributed by atoms with E-state index in [1.54, 1.807) is 38.1 Å². The standard InChI is InChI=1S/C22H22FNO3S/c1-16-12-13-19(14-22(16)23)24(17(2)18-8-5-4-6-9-18)28(25,26)21-11-7-10-20(15-21)27-3/h4-15,17H,1-3H3/t17-/m1/s1. The van der Waals surface area contributed by atoms with Crippen molar-refractivity contribution in [3.63, 3.8) is 0 Å². The molecule has 0 amide bonds. The molecule has 0 N–H and O–H groups in total. The van der Waals surface area contributed by atoms with E-state index in [4.69, 9.17) is 4.74 Å². The Labute approximate surface area is 165 Å². The monoisotopic (exact) mass is 399 g/mol. The van der Waals surface area contributed by atoms with E-state index in [0.717, 1.165) is 5.56 Å². The van der Waals surface area contributed by atoms with Crippen molar-refractivity contribution in [2.45, 2.75) is 24.8 Å². The summed E-state index contributed by atoms with van der Waals surface area (Å²) < 4.78 is 47.8. The quantitative estimate of drug-likeness (QED) is 0.579. The van der Waals surface area contributed by atoms with Crippen LogP contribution < -0.4 is 9.04 Å². The Balaban J connectivity index is 2.18. The lowest BCUT2D eigenvalue weighted by Crippen LogP contribution is -2.33. The minimum Gasteiger partial charge on any atom is -0.497 e. The number of nitrogens with zero attached hydrogens (tertiary/aromatic N) is 1. The van der Waals surface area contributed by atoms with Crippen molar-refractivity contribution < 1.29 is 17.5 Å². The van der Waals surface area contributed by atoms with Crippen LogP contribution >= 0.6 is 0 Å².